The van der Waals surface area contributed by atoms with Gasteiger partial charge in [-0.2, -0.15) is 9.13 Å². The van der Waals surface area contributed by atoms with Crippen molar-refractivity contribution >= 4 is 27.2 Å². The van der Waals surface area contributed by atoms with Crippen LogP contribution < -0.4 is 9.13 Å². The summed E-state index contributed by atoms with van der Waals surface area (Å²) in [4.78, 5) is 0. The summed E-state index contributed by atoms with van der Waals surface area (Å²) in [7, 11) is 2.29. The Morgan fingerprint density at radius 1 is 0.549 bits per heavy atom. The Hall–Kier alpha value is -6.12. The summed E-state index contributed by atoms with van der Waals surface area (Å²) in [6.07, 6.45) is 1.75. The van der Waals surface area contributed by atoms with E-state index in [0.29, 0.717) is 0 Å². The smallest absolute Gasteiger partial charge is 0.196 e. The molecule has 242 valence electrons. The Bertz CT molecular complexity index is 2700. The zero-order valence-electron chi connectivity index (χ0n) is 29.0. The number of pyridine rings is 2. The van der Waals surface area contributed by atoms with Crippen LogP contribution in [-0.2, 0) is 25.3 Å². The first-order chi connectivity index (χ1) is 25.1. The third kappa shape index (κ3) is 4.05. The van der Waals surface area contributed by atoms with Gasteiger partial charge in [0.2, 0.25) is 22.8 Å². The molecule has 0 radical (unpaired) electrons. The Kier molecular flexibility index (Phi) is 6.54. The normalized spacial score (nSPS) is 13.9. The van der Waals surface area contributed by atoms with E-state index in [-0.39, 0.29) is 0 Å². The van der Waals surface area contributed by atoms with Crippen LogP contribution in [0.5, 0.6) is 0 Å². The molecule has 2 aromatic heterocycles. The topological polar surface area (TPSA) is 7.76 Å². The van der Waals surface area contributed by atoms with Crippen molar-refractivity contribution in [2.75, 3.05) is 0 Å². The van der Waals surface area contributed by atoms with E-state index in [1.54, 1.807) is 0 Å². The van der Waals surface area contributed by atoms with E-state index < -0.39 is 5.41 Å². The predicted octanol–water partition coefficient (Wildman–Crippen LogP) is 10.4. The Labute approximate surface area is 299 Å². The monoisotopic (exact) mass is 654 g/mol. The van der Waals surface area contributed by atoms with Crippen molar-refractivity contribution in [3.05, 3.63) is 198 Å². The molecule has 0 atom stereocenters. The van der Waals surface area contributed by atoms with Gasteiger partial charge in [0.05, 0.1) is 22.8 Å². The maximum atomic E-state index is 4.85. The van der Waals surface area contributed by atoms with Gasteiger partial charge in [-0.1, -0.05) is 128 Å². The van der Waals surface area contributed by atoms with Gasteiger partial charge in [-0.15, -0.1) is 0 Å². The third-order valence-electron chi connectivity index (χ3n) is 11.5. The van der Waals surface area contributed by atoms with Gasteiger partial charge in [-0.05, 0) is 81.4 Å². The van der Waals surface area contributed by atoms with Gasteiger partial charge < -0.3 is 0 Å². The molecule has 0 saturated carbocycles. The lowest BCUT2D eigenvalue weighted by atomic mass is 9.70. The summed E-state index contributed by atoms with van der Waals surface area (Å²) in [6, 6.07) is 58.8. The van der Waals surface area contributed by atoms with Crippen LogP contribution in [0.3, 0.4) is 0 Å². The van der Waals surface area contributed by atoms with E-state index in [1.165, 1.54) is 88.8 Å². The lowest BCUT2D eigenvalue weighted by Gasteiger charge is -2.31. The minimum Gasteiger partial charge on any atom is -0.196 e. The predicted molar refractivity (Wildman–Crippen MR) is 209 cm³/mol. The molecule has 51 heavy (non-hydrogen) atoms. The highest BCUT2D eigenvalue weighted by molar-refractivity contribution is 5.98. The lowest BCUT2D eigenvalue weighted by molar-refractivity contribution is -0.671. The van der Waals surface area contributed by atoms with E-state index in [9.17, 15) is 0 Å². The van der Waals surface area contributed by atoms with E-state index in [4.69, 9.17) is 6.58 Å². The molecule has 0 fully saturated rings. The first-order valence-corrected chi connectivity index (χ1v) is 18.1. The molecule has 0 N–H and O–H groups in total. The van der Waals surface area contributed by atoms with Crippen LogP contribution in [0.4, 0.5) is 0 Å². The molecular formula is C49H38N2+2. The second-order valence-electron chi connectivity index (χ2n) is 14.1. The van der Waals surface area contributed by atoms with Crippen LogP contribution in [0.2, 0.25) is 0 Å². The van der Waals surface area contributed by atoms with Crippen molar-refractivity contribution in [2.24, 2.45) is 7.05 Å². The Morgan fingerprint density at radius 3 is 1.73 bits per heavy atom. The van der Waals surface area contributed by atoms with Crippen molar-refractivity contribution in [3.8, 4) is 33.6 Å². The molecule has 2 heteroatoms. The number of nitrogens with zero attached hydrogens (tertiary/aromatic N) is 2. The number of aryl methyl sites for hydroxylation is 1. The minimum absolute atomic E-state index is 0.671. The molecule has 6 aromatic carbocycles. The van der Waals surface area contributed by atoms with Crippen LogP contribution in [0, 0.1) is 0 Å². The van der Waals surface area contributed by atoms with Crippen molar-refractivity contribution in [2.45, 2.75) is 25.2 Å². The number of allylic oxidation sites excluding steroid dienone is 1. The highest BCUT2D eigenvalue weighted by atomic mass is 15.0. The molecule has 8 aromatic rings. The first-order valence-electron chi connectivity index (χ1n) is 18.1. The van der Waals surface area contributed by atoms with Crippen LogP contribution >= 0.6 is 0 Å². The summed E-state index contributed by atoms with van der Waals surface area (Å²) in [5.74, 6) is 0. The molecule has 0 saturated heterocycles. The van der Waals surface area contributed by atoms with Crippen LogP contribution in [0.25, 0.3) is 60.9 Å². The second-order valence-corrected chi connectivity index (χ2v) is 14.1. The second kappa shape index (κ2) is 11.2. The SMILES string of the molecule is C=C1Cc2ccccc2-c2c3ccccc3cc(C3(c4cc5ccccc5c(-c5ccccc5CC)[n+]4C)c4ccccc4-c4ccccc43)[n+]21. The molecule has 1 aliphatic heterocycles. The van der Waals surface area contributed by atoms with Crippen molar-refractivity contribution < 1.29 is 9.13 Å². The van der Waals surface area contributed by atoms with Gasteiger partial charge in [0.1, 0.15) is 7.05 Å². The molecule has 2 aliphatic rings. The highest BCUT2D eigenvalue weighted by Gasteiger charge is 2.58. The van der Waals surface area contributed by atoms with Crippen LogP contribution in [0.15, 0.2) is 164 Å². The summed E-state index contributed by atoms with van der Waals surface area (Å²) in [5.41, 5.74) is 15.7. The fourth-order valence-corrected chi connectivity index (χ4v) is 9.41. The number of hydrogen-bond acceptors (Lipinski definition) is 0. The largest absolute Gasteiger partial charge is 0.226 e. The minimum atomic E-state index is -0.671. The Balaban J connectivity index is 1.46. The van der Waals surface area contributed by atoms with Gasteiger partial charge in [-0.3, -0.25) is 0 Å². The standard InChI is InChI=1S/C49H38N2/c1-4-33-17-5-9-21-37(33)47-38-22-10-7-19-35(38)30-45(50(47)3)49(43-27-15-13-25-41(43)42-26-14-16-28-44(42)49)46-31-36-20-8-12-24-40(36)48-39-23-11-6-18-34(39)29-32(2)51(46)48/h5-28,30-31H,2,4,29H2,1,3H3/q+2. The molecule has 0 bridgehead atoms. The molecular weight excluding hydrogens is 617 g/mol. The van der Waals surface area contributed by atoms with Crippen molar-refractivity contribution in [1.82, 2.24) is 0 Å². The summed E-state index contributed by atoms with van der Waals surface area (Å²) in [6.45, 7) is 7.11. The summed E-state index contributed by atoms with van der Waals surface area (Å²) < 4.78 is 5.04. The van der Waals surface area contributed by atoms with Crippen LogP contribution in [0.1, 0.15) is 40.6 Å². The fourth-order valence-electron chi connectivity index (χ4n) is 9.41. The molecule has 10 rings (SSSR count). The number of hydrogen-bond donors (Lipinski definition) is 0. The van der Waals surface area contributed by atoms with Gasteiger partial charge in [0.15, 0.2) is 11.1 Å². The number of fused-ring (bicyclic) bond motifs is 9. The molecule has 3 heterocycles. The molecule has 0 amide bonds. The fraction of sp³-hybridized carbons (Fsp3) is 0.102. The molecule has 1 aliphatic carbocycles. The van der Waals surface area contributed by atoms with Crippen molar-refractivity contribution in [1.29, 1.82) is 0 Å². The van der Waals surface area contributed by atoms with Gasteiger partial charge in [-0.25, -0.2) is 0 Å². The summed E-state index contributed by atoms with van der Waals surface area (Å²) in [5, 5.41) is 4.96. The number of rotatable bonds is 4. The summed E-state index contributed by atoms with van der Waals surface area (Å²) >= 11 is 0. The highest BCUT2D eigenvalue weighted by Crippen LogP contribution is 2.56. The molecule has 0 unspecified atom stereocenters. The average Bonchev–Trinajstić information content (AvgIpc) is 3.48. The van der Waals surface area contributed by atoms with E-state index in [2.05, 4.69) is 181 Å². The molecule has 0 spiro atoms. The van der Waals surface area contributed by atoms with Gasteiger partial charge in [0, 0.05) is 17.7 Å². The lowest BCUT2D eigenvalue weighted by Crippen LogP contribution is -2.54. The third-order valence-corrected chi connectivity index (χ3v) is 11.5. The van der Waals surface area contributed by atoms with E-state index in [1.807, 2.05) is 0 Å². The van der Waals surface area contributed by atoms with Crippen LogP contribution in [-0.4, -0.2) is 0 Å². The van der Waals surface area contributed by atoms with E-state index >= 15 is 0 Å². The maximum absolute atomic E-state index is 4.85. The van der Waals surface area contributed by atoms with Gasteiger partial charge >= 0.3 is 0 Å². The zero-order valence-corrected chi connectivity index (χ0v) is 29.0. The number of aromatic nitrogens is 2. The first kappa shape index (κ1) is 29.8. The van der Waals surface area contributed by atoms with Crippen molar-refractivity contribution in [3.63, 3.8) is 0 Å². The van der Waals surface area contributed by atoms with Gasteiger partial charge in [0.25, 0.3) is 0 Å². The maximum Gasteiger partial charge on any atom is 0.226 e. The average molecular weight is 655 g/mol. The molecule has 2 nitrogen and oxygen atoms in total. The zero-order chi connectivity index (χ0) is 34.3. The van der Waals surface area contributed by atoms with E-state index in [0.717, 1.165) is 18.5 Å². The Morgan fingerprint density at radius 2 is 1.06 bits per heavy atom. The number of benzene rings is 6. The quantitative estimate of drug-likeness (QED) is 0.167.